The molecule has 0 amide bonds. The number of benzene rings is 1. The first kappa shape index (κ1) is 20.8. The standard InChI is InChI=1S/C16H27N3O2.HI/c1-6-21-14-8-7-13(9-15(14)20-5)11-19-16(17-4)18-10-12(2)3;/h7-9,12H,6,10-11H2,1-5H3,(H2,17,18,19);1H. The number of guanidine groups is 1. The Hall–Kier alpha value is -1.18. The molecule has 0 bridgehead atoms. The lowest BCUT2D eigenvalue weighted by molar-refractivity contribution is 0.310. The molecule has 0 aliphatic carbocycles. The Labute approximate surface area is 150 Å². The third kappa shape index (κ3) is 7.20. The first-order valence-corrected chi connectivity index (χ1v) is 7.34. The molecule has 22 heavy (non-hydrogen) atoms. The zero-order valence-electron chi connectivity index (χ0n) is 14.1. The minimum atomic E-state index is 0. The van der Waals surface area contributed by atoms with Crippen LogP contribution in [0.25, 0.3) is 0 Å². The Morgan fingerprint density at radius 2 is 1.95 bits per heavy atom. The summed E-state index contributed by atoms with van der Waals surface area (Å²) in [7, 11) is 3.42. The third-order valence-corrected chi connectivity index (χ3v) is 2.89. The molecule has 126 valence electrons. The highest BCUT2D eigenvalue weighted by atomic mass is 127. The number of methoxy groups -OCH3 is 1. The van der Waals surface area contributed by atoms with E-state index in [1.165, 1.54) is 0 Å². The second kappa shape index (κ2) is 11.4. The predicted molar refractivity (Wildman–Crippen MR) is 103 cm³/mol. The summed E-state index contributed by atoms with van der Waals surface area (Å²) in [5.74, 6) is 2.90. The van der Waals surface area contributed by atoms with E-state index in [1.54, 1.807) is 14.2 Å². The van der Waals surface area contributed by atoms with E-state index in [0.29, 0.717) is 19.1 Å². The summed E-state index contributed by atoms with van der Waals surface area (Å²) in [5, 5.41) is 6.57. The van der Waals surface area contributed by atoms with E-state index in [-0.39, 0.29) is 24.0 Å². The van der Waals surface area contributed by atoms with Crippen LogP contribution >= 0.6 is 24.0 Å². The van der Waals surface area contributed by atoms with Gasteiger partial charge in [-0.1, -0.05) is 19.9 Å². The second-order valence-corrected chi connectivity index (χ2v) is 5.12. The van der Waals surface area contributed by atoms with Gasteiger partial charge in [-0.05, 0) is 30.5 Å². The fraction of sp³-hybridized carbons (Fsp3) is 0.562. The minimum absolute atomic E-state index is 0. The van der Waals surface area contributed by atoms with Gasteiger partial charge in [-0.15, -0.1) is 24.0 Å². The highest BCUT2D eigenvalue weighted by molar-refractivity contribution is 14.0. The Morgan fingerprint density at radius 3 is 2.50 bits per heavy atom. The van der Waals surface area contributed by atoms with Gasteiger partial charge >= 0.3 is 0 Å². The summed E-state index contributed by atoms with van der Waals surface area (Å²) in [6.45, 7) is 8.49. The number of aliphatic imine (C=N–C) groups is 1. The molecular weight excluding hydrogens is 393 g/mol. The number of nitrogens with one attached hydrogen (secondary N) is 2. The maximum absolute atomic E-state index is 5.51. The molecular formula is C16H28IN3O2. The number of hydrogen-bond donors (Lipinski definition) is 2. The van der Waals surface area contributed by atoms with Gasteiger partial charge in [0.05, 0.1) is 13.7 Å². The SMILES string of the molecule is CCOc1ccc(CNC(=NC)NCC(C)C)cc1OC.I. The lowest BCUT2D eigenvalue weighted by Gasteiger charge is -2.15. The minimum Gasteiger partial charge on any atom is -0.493 e. The highest BCUT2D eigenvalue weighted by Gasteiger charge is 2.06. The van der Waals surface area contributed by atoms with Crippen molar-refractivity contribution in [1.29, 1.82) is 0 Å². The van der Waals surface area contributed by atoms with E-state index in [2.05, 4.69) is 29.5 Å². The molecule has 0 aliphatic heterocycles. The van der Waals surface area contributed by atoms with Crippen LogP contribution in [0.5, 0.6) is 11.5 Å². The molecule has 0 spiro atoms. The van der Waals surface area contributed by atoms with E-state index in [0.717, 1.165) is 29.6 Å². The van der Waals surface area contributed by atoms with E-state index in [9.17, 15) is 0 Å². The van der Waals surface area contributed by atoms with Gasteiger partial charge in [0, 0.05) is 20.1 Å². The van der Waals surface area contributed by atoms with E-state index >= 15 is 0 Å². The van der Waals surface area contributed by atoms with Gasteiger partial charge in [0.15, 0.2) is 17.5 Å². The first-order chi connectivity index (χ1) is 10.1. The van der Waals surface area contributed by atoms with Crippen molar-refractivity contribution in [1.82, 2.24) is 10.6 Å². The fourth-order valence-electron chi connectivity index (χ4n) is 1.80. The average Bonchev–Trinajstić information content (AvgIpc) is 2.48. The Kier molecular flexibility index (Phi) is 10.8. The zero-order chi connectivity index (χ0) is 15.7. The van der Waals surface area contributed by atoms with Gasteiger partial charge in [0.25, 0.3) is 0 Å². The Bertz CT molecular complexity index is 465. The second-order valence-electron chi connectivity index (χ2n) is 5.12. The quantitative estimate of drug-likeness (QED) is 0.404. The molecule has 0 atom stereocenters. The van der Waals surface area contributed by atoms with Crippen molar-refractivity contribution < 1.29 is 9.47 Å². The lowest BCUT2D eigenvalue weighted by Crippen LogP contribution is -2.38. The molecule has 0 unspecified atom stereocenters. The number of nitrogens with zero attached hydrogens (tertiary/aromatic N) is 1. The summed E-state index contributed by atoms with van der Waals surface area (Å²) in [6.07, 6.45) is 0. The van der Waals surface area contributed by atoms with Crippen molar-refractivity contribution in [2.45, 2.75) is 27.3 Å². The molecule has 1 rings (SSSR count). The van der Waals surface area contributed by atoms with Gasteiger partial charge in [0.2, 0.25) is 0 Å². The number of hydrogen-bond acceptors (Lipinski definition) is 3. The maximum atomic E-state index is 5.51. The first-order valence-electron chi connectivity index (χ1n) is 7.34. The molecule has 0 fully saturated rings. The van der Waals surface area contributed by atoms with Gasteiger partial charge in [-0.25, -0.2) is 0 Å². The average molecular weight is 421 g/mol. The van der Waals surface area contributed by atoms with Crippen LogP contribution in [-0.2, 0) is 6.54 Å². The molecule has 5 nitrogen and oxygen atoms in total. The summed E-state index contributed by atoms with van der Waals surface area (Å²) in [4.78, 5) is 4.20. The van der Waals surface area contributed by atoms with Crippen LogP contribution in [0.3, 0.4) is 0 Å². The Morgan fingerprint density at radius 1 is 1.23 bits per heavy atom. The lowest BCUT2D eigenvalue weighted by atomic mass is 10.2. The number of ether oxygens (including phenoxy) is 2. The van der Waals surface area contributed by atoms with Crippen LogP contribution in [-0.4, -0.2) is 33.3 Å². The summed E-state index contributed by atoms with van der Waals surface area (Å²) in [6, 6.07) is 5.94. The summed E-state index contributed by atoms with van der Waals surface area (Å²) < 4.78 is 10.9. The van der Waals surface area contributed by atoms with Crippen LogP contribution in [0.2, 0.25) is 0 Å². The molecule has 1 aromatic carbocycles. The zero-order valence-corrected chi connectivity index (χ0v) is 16.4. The molecule has 0 aliphatic rings. The molecule has 0 saturated heterocycles. The van der Waals surface area contributed by atoms with Crippen molar-refractivity contribution in [3.05, 3.63) is 23.8 Å². The number of rotatable bonds is 7. The van der Waals surface area contributed by atoms with Gasteiger partial charge in [0.1, 0.15) is 0 Å². The van der Waals surface area contributed by atoms with Crippen LogP contribution in [0, 0.1) is 5.92 Å². The molecule has 0 saturated carbocycles. The van der Waals surface area contributed by atoms with Crippen LogP contribution in [0.15, 0.2) is 23.2 Å². The van der Waals surface area contributed by atoms with Crippen molar-refractivity contribution in [3.63, 3.8) is 0 Å². The molecule has 1 aromatic rings. The fourth-order valence-corrected chi connectivity index (χ4v) is 1.80. The van der Waals surface area contributed by atoms with Crippen LogP contribution < -0.4 is 20.1 Å². The van der Waals surface area contributed by atoms with E-state index < -0.39 is 0 Å². The van der Waals surface area contributed by atoms with Gasteiger partial charge in [-0.2, -0.15) is 0 Å². The Balaban J connectivity index is 0.00000441. The van der Waals surface area contributed by atoms with Crippen molar-refractivity contribution in [3.8, 4) is 11.5 Å². The molecule has 0 heterocycles. The van der Waals surface area contributed by atoms with Gasteiger partial charge < -0.3 is 20.1 Å². The monoisotopic (exact) mass is 421 g/mol. The molecule has 2 N–H and O–H groups in total. The largest absolute Gasteiger partial charge is 0.493 e. The topological polar surface area (TPSA) is 54.9 Å². The normalized spacial score (nSPS) is 10.9. The highest BCUT2D eigenvalue weighted by Crippen LogP contribution is 2.27. The third-order valence-electron chi connectivity index (χ3n) is 2.89. The van der Waals surface area contributed by atoms with Gasteiger partial charge in [-0.3, -0.25) is 4.99 Å². The van der Waals surface area contributed by atoms with Crippen molar-refractivity contribution >= 4 is 29.9 Å². The predicted octanol–water partition coefficient (Wildman–Crippen LogP) is 3.03. The summed E-state index contributed by atoms with van der Waals surface area (Å²) in [5.41, 5.74) is 1.11. The van der Waals surface area contributed by atoms with Crippen molar-refractivity contribution in [2.24, 2.45) is 10.9 Å². The van der Waals surface area contributed by atoms with E-state index in [4.69, 9.17) is 9.47 Å². The molecule has 0 radical (unpaired) electrons. The van der Waals surface area contributed by atoms with Crippen LogP contribution in [0.4, 0.5) is 0 Å². The van der Waals surface area contributed by atoms with Crippen LogP contribution in [0.1, 0.15) is 26.3 Å². The van der Waals surface area contributed by atoms with E-state index in [1.807, 2.05) is 25.1 Å². The summed E-state index contributed by atoms with van der Waals surface area (Å²) >= 11 is 0. The number of halogens is 1. The molecule has 6 heteroatoms. The smallest absolute Gasteiger partial charge is 0.191 e. The van der Waals surface area contributed by atoms with Crippen molar-refractivity contribution in [2.75, 3.05) is 27.3 Å². The maximum Gasteiger partial charge on any atom is 0.191 e. The molecule has 0 aromatic heterocycles.